The van der Waals surface area contributed by atoms with Gasteiger partial charge in [0.15, 0.2) is 9.84 Å². The zero-order chi connectivity index (χ0) is 13.2. The van der Waals surface area contributed by atoms with E-state index in [4.69, 9.17) is 17.3 Å². The molecular weight excluding hydrogens is 264 g/mol. The fraction of sp³-hybridized carbons (Fsp3) is 0.300. The van der Waals surface area contributed by atoms with Gasteiger partial charge in [-0.2, -0.15) is 0 Å². The summed E-state index contributed by atoms with van der Waals surface area (Å²) in [6.45, 7) is 0. The van der Waals surface area contributed by atoms with E-state index in [0.717, 1.165) is 0 Å². The second kappa shape index (κ2) is 4.93. The Morgan fingerprint density at radius 2 is 2.00 bits per heavy atom. The zero-order valence-corrected chi connectivity index (χ0v) is 11.0. The van der Waals surface area contributed by atoms with Gasteiger partial charge in [-0.1, -0.05) is 17.7 Å². The van der Waals surface area contributed by atoms with Gasteiger partial charge in [0, 0.05) is 14.1 Å². The van der Waals surface area contributed by atoms with E-state index < -0.39 is 21.5 Å². The van der Waals surface area contributed by atoms with E-state index in [1.165, 1.54) is 31.1 Å². The second-order valence-electron chi connectivity index (χ2n) is 3.71. The molecule has 94 valence electrons. The number of anilines is 1. The van der Waals surface area contributed by atoms with Crippen LogP contribution in [0, 0.1) is 0 Å². The zero-order valence-electron chi connectivity index (χ0n) is 9.47. The SMILES string of the molecule is CN(C)C(=O)CS(=O)(=O)c1c(N)cccc1Cl. The molecule has 5 nitrogen and oxygen atoms in total. The smallest absolute Gasteiger partial charge is 0.237 e. The topological polar surface area (TPSA) is 80.5 Å². The van der Waals surface area contributed by atoms with Crippen molar-refractivity contribution in [3.8, 4) is 0 Å². The van der Waals surface area contributed by atoms with Crippen LogP contribution in [-0.4, -0.2) is 39.1 Å². The van der Waals surface area contributed by atoms with Crippen LogP contribution in [0.15, 0.2) is 23.1 Å². The minimum Gasteiger partial charge on any atom is -0.398 e. The molecule has 0 saturated heterocycles. The summed E-state index contributed by atoms with van der Waals surface area (Å²) in [6, 6.07) is 4.40. The van der Waals surface area contributed by atoms with Crippen molar-refractivity contribution < 1.29 is 13.2 Å². The summed E-state index contributed by atoms with van der Waals surface area (Å²) in [5.41, 5.74) is 5.62. The van der Waals surface area contributed by atoms with Gasteiger partial charge in [-0.3, -0.25) is 4.79 Å². The molecule has 1 amide bonds. The molecular formula is C10H13ClN2O3S. The van der Waals surface area contributed by atoms with Gasteiger partial charge in [0.1, 0.15) is 10.6 Å². The van der Waals surface area contributed by atoms with Gasteiger partial charge in [-0.05, 0) is 12.1 Å². The Morgan fingerprint density at radius 1 is 1.41 bits per heavy atom. The lowest BCUT2D eigenvalue weighted by Crippen LogP contribution is -2.29. The molecule has 0 saturated carbocycles. The van der Waals surface area contributed by atoms with Crippen LogP contribution in [0.4, 0.5) is 5.69 Å². The summed E-state index contributed by atoms with van der Waals surface area (Å²) in [7, 11) is -0.854. The molecule has 0 bridgehead atoms. The van der Waals surface area contributed by atoms with Crippen molar-refractivity contribution in [3.63, 3.8) is 0 Å². The normalized spacial score (nSPS) is 11.2. The summed E-state index contributed by atoms with van der Waals surface area (Å²) < 4.78 is 24.0. The first-order valence-electron chi connectivity index (χ1n) is 4.72. The van der Waals surface area contributed by atoms with Crippen LogP contribution in [0.5, 0.6) is 0 Å². The minimum absolute atomic E-state index is 0.0246. The van der Waals surface area contributed by atoms with Gasteiger partial charge in [0.2, 0.25) is 5.91 Å². The van der Waals surface area contributed by atoms with Crippen molar-refractivity contribution in [1.82, 2.24) is 4.90 Å². The highest BCUT2D eigenvalue weighted by Gasteiger charge is 2.25. The third-order valence-electron chi connectivity index (χ3n) is 2.12. The third kappa shape index (κ3) is 3.10. The second-order valence-corrected chi connectivity index (χ2v) is 6.04. The highest BCUT2D eigenvalue weighted by molar-refractivity contribution is 7.92. The number of hydrogen-bond acceptors (Lipinski definition) is 4. The van der Waals surface area contributed by atoms with Crippen LogP contribution in [-0.2, 0) is 14.6 Å². The molecule has 1 aromatic rings. The van der Waals surface area contributed by atoms with Crippen LogP contribution in [0.2, 0.25) is 5.02 Å². The lowest BCUT2D eigenvalue weighted by molar-refractivity contribution is -0.125. The first kappa shape index (κ1) is 13.8. The molecule has 0 unspecified atom stereocenters. The first-order chi connectivity index (χ1) is 7.75. The molecule has 1 aromatic carbocycles. The molecule has 0 atom stereocenters. The minimum atomic E-state index is -3.81. The molecule has 0 fully saturated rings. The Hall–Kier alpha value is -1.27. The fourth-order valence-electron chi connectivity index (χ4n) is 1.22. The predicted molar refractivity (Wildman–Crippen MR) is 66.6 cm³/mol. The van der Waals surface area contributed by atoms with Gasteiger partial charge in [0.05, 0.1) is 10.7 Å². The highest BCUT2D eigenvalue weighted by atomic mass is 35.5. The van der Waals surface area contributed by atoms with E-state index in [9.17, 15) is 13.2 Å². The fourth-order valence-corrected chi connectivity index (χ4v) is 3.27. The van der Waals surface area contributed by atoms with Crippen LogP contribution < -0.4 is 5.73 Å². The molecule has 0 aliphatic heterocycles. The van der Waals surface area contributed by atoms with E-state index in [1.54, 1.807) is 6.07 Å². The van der Waals surface area contributed by atoms with Gasteiger partial charge in [-0.15, -0.1) is 0 Å². The molecule has 0 aromatic heterocycles. The van der Waals surface area contributed by atoms with Crippen molar-refractivity contribution in [1.29, 1.82) is 0 Å². The van der Waals surface area contributed by atoms with Crippen LogP contribution >= 0.6 is 11.6 Å². The van der Waals surface area contributed by atoms with Crippen molar-refractivity contribution >= 4 is 33.0 Å². The van der Waals surface area contributed by atoms with E-state index in [-0.39, 0.29) is 15.6 Å². The number of amides is 1. The molecule has 17 heavy (non-hydrogen) atoms. The van der Waals surface area contributed by atoms with Gasteiger partial charge in [-0.25, -0.2) is 8.42 Å². The number of hydrogen-bond donors (Lipinski definition) is 1. The molecule has 0 aliphatic carbocycles. The average molecular weight is 277 g/mol. The van der Waals surface area contributed by atoms with Gasteiger partial charge < -0.3 is 10.6 Å². The third-order valence-corrected chi connectivity index (χ3v) is 4.25. The van der Waals surface area contributed by atoms with Crippen molar-refractivity contribution in [2.45, 2.75) is 4.90 Å². The summed E-state index contributed by atoms with van der Waals surface area (Å²) in [4.78, 5) is 12.4. The molecule has 0 radical (unpaired) electrons. The molecule has 0 spiro atoms. The Morgan fingerprint density at radius 3 is 2.47 bits per heavy atom. The Labute approximate surface area is 105 Å². The van der Waals surface area contributed by atoms with Crippen LogP contribution in [0.1, 0.15) is 0 Å². The van der Waals surface area contributed by atoms with E-state index >= 15 is 0 Å². The summed E-state index contributed by atoms with van der Waals surface area (Å²) in [5, 5.41) is 0.0246. The Balaban J connectivity index is 3.19. The number of nitrogens with two attached hydrogens (primary N) is 1. The predicted octanol–water partition coefficient (Wildman–Crippen LogP) is 0.784. The lowest BCUT2D eigenvalue weighted by Gasteiger charge is -2.12. The number of halogens is 1. The lowest BCUT2D eigenvalue weighted by atomic mass is 10.3. The van der Waals surface area contributed by atoms with Gasteiger partial charge in [0.25, 0.3) is 0 Å². The maximum Gasteiger partial charge on any atom is 0.237 e. The number of nitrogen functional groups attached to an aromatic ring is 1. The molecule has 0 aliphatic rings. The molecule has 0 heterocycles. The molecule has 2 N–H and O–H groups in total. The van der Waals surface area contributed by atoms with Crippen LogP contribution in [0.25, 0.3) is 0 Å². The monoisotopic (exact) mass is 276 g/mol. The maximum atomic E-state index is 12.0. The van der Waals surface area contributed by atoms with E-state index in [2.05, 4.69) is 0 Å². The maximum absolute atomic E-state index is 12.0. The number of nitrogens with zero attached hydrogens (tertiary/aromatic N) is 1. The van der Waals surface area contributed by atoms with E-state index in [1.807, 2.05) is 0 Å². The highest BCUT2D eigenvalue weighted by Crippen LogP contribution is 2.28. The number of carbonyl (C=O) groups excluding carboxylic acids is 1. The number of benzene rings is 1. The van der Waals surface area contributed by atoms with E-state index in [0.29, 0.717) is 0 Å². The van der Waals surface area contributed by atoms with Crippen molar-refractivity contribution in [2.24, 2.45) is 0 Å². The number of sulfone groups is 1. The quantitative estimate of drug-likeness (QED) is 0.828. The molecule has 1 rings (SSSR count). The van der Waals surface area contributed by atoms with Crippen molar-refractivity contribution in [3.05, 3.63) is 23.2 Å². The largest absolute Gasteiger partial charge is 0.398 e. The van der Waals surface area contributed by atoms with Crippen molar-refractivity contribution in [2.75, 3.05) is 25.6 Å². The summed E-state index contributed by atoms with van der Waals surface area (Å²) in [5.74, 6) is -1.17. The van der Waals surface area contributed by atoms with Gasteiger partial charge >= 0.3 is 0 Å². The number of rotatable bonds is 3. The molecule has 7 heteroatoms. The average Bonchev–Trinajstić information content (AvgIpc) is 2.15. The first-order valence-corrected chi connectivity index (χ1v) is 6.75. The Kier molecular flexibility index (Phi) is 4.00. The summed E-state index contributed by atoms with van der Waals surface area (Å²) in [6.07, 6.45) is 0. The summed E-state index contributed by atoms with van der Waals surface area (Å²) >= 11 is 5.79. The Bertz CT molecular complexity index is 520. The number of carbonyl (C=O) groups is 1. The standard InChI is InChI=1S/C10H13ClN2O3S/c1-13(2)9(14)6-17(15,16)10-7(11)4-3-5-8(10)12/h3-5H,6,12H2,1-2H3. The van der Waals surface area contributed by atoms with Crippen LogP contribution in [0.3, 0.4) is 0 Å².